The minimum Gasteiger partial charge on any atom is -0.508 e. The third-order valence-electron chi connectivity index (χ3n) is 1.41. The van der Waals surface area contributed by atoms with Crippen molar-refractivity contribution < 1.29 is 9.84 Å². The Bertz CT molecular complexity index is 295. The number of thiocarbonyl (C=S) groups is 1. The van der Waals surface area contributed by atoms with Crippen molar-refractivity contribution >= 4 is 17.4 Å². The predicted molar refractivity (Wildman–Crippen MR) is 55.0 cm³/mol. The Morgan fingerprint density at radius 3 is 2.31 bits per heavy atom. The second-order valence-electron chi connectivity index (χ2n) is 2.76. The highest BCUT2D eigenvalue weighted by molar-refractivity contribution is 7.80. The van der Waals surface area contributed by atoms with Crippen LogP contribution in [0.1, 0.15) is 0 Å². The first-order valence-electron chi connectivity index (χ1n) is 3.78. The Morgan fingerprint density at radius 2 is 1.85 bits per heavy atom. The summed E-state index contributed by atoms with van der Waals surface area (Å²) in [7, 11) is 3.62. The van der Waals surface area contributed by atoms with Crippen LogP contribution in [0.3, 0.4) is 0 Å². The van der Waals surface area contributed by atoms with E-state index in [1.165, 1.54) is 0 Å². The van der Waals surface area contributed by atoms with Gasteiger partial charge in [-0.05, 0) is 36.5 Å². The highest BCUT2D eigenvalue weighted by Crippen LogP contribution is 2.16. The Kier molecular flexibility index (Phi) is 3.08. The van der Waals surface area contributed by atoms with E-state index in [1.54, 1.807) is 29.2 Å². The van der Waals surface area contributed by atoms with Crippen molar-refractivity contribution in [3.05, 3.63) is 24.3 Å². The van der Waals surface area contributed by atoms with Crippen molar-refractivity contribution in [2.24, 2.45) is 0 Å². The quantitative estimate of drug-likeness (QED) is 0.693. The second kappa shape index (κ2) is 4.09. The van der Waals surface area contributed by atoms with Gasteiger partial charge in [-0.25, -0.2) is 0 Å². The molecule has 0 aromatic heterocycles. The van der Waals surface area contributed by atoms with Crippen LogP contribution in [-0.2, 0) is 0 Å². The van der Waals surface area contributed by atoms with Gasteiger partial charge >= 0.3 is 0 Å². The summed E-state index contributed by atoms with van der Waals surface area (Å²) in [5, 5.41) is 9.40. The number of nitrogens with zero attached hydrogens (tertiary/aromatic N) is 1. The minimum atomic E-state index is 0.211. The van der Waals surface area contributed by atoms with Crippen molar-refractivity contribution in [2.45, 2.75) is 0 Å². The average Bonchev–Trinajstić information content (AvgIpc) is 2.08. The van der Waals surface area contributed by atoms with Gasteiger partial charge in [0, 0.05) is 14.1 Å². The fourth-order valence-electron chi connectivity index (χ4n) is 0.706. The third kappa shape index (κ3) is 2.91. The summed E-state index contributed by atoms with van der Waals surface area (Å²) in [4.78, 5) is 1.70. The molecule has 3 nitrogen and oxygen atoms in total. The zero-order valence-electron chi connectivity index (χ0n) is 7.52. The van der Waals surface area contributed by atoms with Gasteiger partial charge in [-0.1, -0.05) is 0 Å². The topological polar surface area (TPSA) is 32.7 Å². The van der Waals surface area contributed by atoms with Gasteiger partial charge in [0.1, 0.15) is 11.5 Å². The number of benzene rings is 1. The highest BCUT2D eigenvalue weighted by atomic mass is 32.1. The lowest BCUT2D eigenvalue weighted by molar-refractivity contribution is 0.445. The van der Waals surface area contributed by atoms with Crippen molar-refractivity contribution in [3.8, 4) is 11.5 Å². The molecule has 1 N–H and O–H groups in total. The molecule has 0 saturated heterocycles. The zero-order chi connectivity index (χ0) is 9.84. The third-order valence-corrected chi connectivity index (χ3v) is 1.86. The van der Waals surface area contributed by atoms with Crippen molar-refractivity contribution in [3.63, 3.8) is 0 Å². The minimum absolute atomic E-state index is 0.211. The van der Waals surface area contributed by atoms with Gasteiger partial charge < -0.3 is 14.7 Å². The summed E-state index contributed by atoms with van der Waals surface area (Å²) < 4.78 is 5.28. The van der Waals surface area contributed by atoms with E-state index in [4.69, 9.17) is 22.1 Å². The summed E-state index contributed by atoms with van der Waals surface area (Å²) in [6.45, 7) is 0. The highest BCUT2D eigenvalue weighted by Gasteiger charge is 2.01. The fraction of sp³-hybridized carbons (Fsp3) is 0.222. The van der Waals surface area contributed by atoms with Crippen LogP contribution in [0.25, 0.3) is 0 Å². The summed E-state index contributed by atoms with van der Waals surface area (Å²) in [5.41, 5.74) is 0. The molecule has 13 heavy (non-hydrogen) atoms. The second-order valence-corrected chi connectivity index (χ2v) is 3.11. The van der Waals surface area contributed by atoms with E-state index in [2.05, 4.69) is 0 Å². The molecule has 0 amide bonds. The molecular formula is C9H11NO2S. The molecule has 1 aromatic rings. The van der Waals surface area contributed by atoms with Crippen LogP contribution >= 0.6 is 12.2 Å². The number of ether oxygens (including phenoxy) is 1. The molecule has 0 fully saturated rings. The first kappa shape index (κ1) is 9.80. The van der Waals surface area contributed by atoms with Gasteiger partial charge in [-0.2, -0.15) is 0 Å². The molecule has 0 unspecified atom stereocenters. The molecule has 0 atom stereocenters. The normalized spacial score (nSPS) is 9.38. The first-order valence-corrected chi connectivity index (χ1v) is 4.18. The lowest BCUT2D eigenvalue weighted by Crippen LogP contribution is -2.24. The first-order chi connectivity index (χ1) is 6.09. The van der Waals surface area contributed by atoms with Gasteiger partial charge in [-0.3, -0.25) is 0 Å². The SMILES string of the molecule is CN(C)C(=S)Oc1ccc(O)cc1. The maximum absolute atomic E-state index is 9.00. The van der Waals surface area contributed by atoms with Crippen LogP contribution in [0, 0.1) is 0 Å². The molecule has 0 radical (unpaired) electrons. The molecule has 0 spiro atoms. The summed E-state index contributed by atoms with van der Waals surface area (Å²) in [6, 6.07) is 6.41. The van der Waals surface area contributed by atoms with Crippen LogP contribution in [0.5, 0.6) is 11.5 Å². The van der Waals surface area contributed by atoms with Crippen LogP contribution in [0.2, 0.25) is 0 Å². The van der Waals surface area contributed by atoms with E-state index in [-0.39, 0.29) is 5.75 Å². The molecule has 70 valence electrons. The van der Waals surface area contributed by atoms with Gasteiger partial charge in [-0.15, -0.1) is 0 Å². The monoisotopic (exact) mass is 197 g/mol. The largest absolute Gasteiger partial charge is 0.508 e. The van der Waals surface area contributed by atoms with E-state index in [9.17, 15) is 0 Å². The summed E-state index contributed by atoms with van der Waals surface area (Å²) >= 11 is 4.93. The number of rotatable bonds is 1. The van der Waals surface area contributed by atoms with Crippen LogP contribution < -0.4 is 4.74 Å². The van der Waals surface area contributed by atoms with Crippen molar-refractivity contribution in [1.29, 1.82) is 0 Å². The van der Waals surface area contributed by atoms with E-state index < -0.39 is 0 Å². The van der Waals surface area contributed by atoms with Gasteiger partial charge in [0.25, 0.3) is 5.17 Å². The molecule has 4 heteroatoms. The molecule has 0 aliphatic carbocycles. The Morgan fingerprint density at radius 1 is 1.31 bits per heavy atom. The lowest BCUT2D eigenvalue weighted by Gasteiger charge is -2.13. The molecule has 0 aliphatic heterocycles. The van der Waals surface area contributed by atoms with E-state index >= 15 is 0 Å². The molecular weight excluding hydrogens is 186 g/mol. The molecule has 0 heterocycles. The van der Waals surface area contributed by atoms with Crippen molar-refractivity contribution in [2.75, 3.05) is 14.1 Å². The van der Waals surface area contributed by atoms with E-state index in [0.29, 0.717) is 10.9 Å². The molecule has 1 rings (SSSR count). The van der Waals surface area contributed by atoms with E-state index in [1.807, 2.05) is 14.1 Å². The molecule has 0 saturated carbocycles. The molecule has 0 aliphatic rings. The summed E-state index contributed by atoms with van der Waals surface area (Å²) in [5.74, 6) is 0.833. The smallest absolute Gasteiger partial charge is 0.264 e. The van der Waals surface area contributed by atoms with E-state index in [0.717, 1.165) is 0 Å². The number of phenolic OH excluding ortho intramolecular Hbond substituents is 1. The number of aromatic hydroxyl groups is 1. The maximum atomic E-state index is 9.00. The fourth-order valence-corrected chi connectivity index (χ4v) is 0.803. The number of hydrogen-bond acceptors (Lipinski definition) is 3. The summed E-state index contributed by atoms with van der Waals surface area (Å²) in [6.07, 6.45) is 0. The van der Waals surface area contributed by atoms with Crippen LogP contribution in [0.15, 0.2) is 24.3 Å². The predicted octanol–water partition coefficient (Wildman–Crippen LogP) is 1.62. The lowest BCUT2D eigenvalue weighted by atomic mass is 10.3. The van der Waals surface area contributed by atoms with Gasteiger partial charge in [0.05, 0.1) is 0 Å². The Labute approximate surface area is 82.6 Å². The van der Waals surface area contributed by atoms with Gasteiger partial charge in [0.15, 0.2) is 0 Å². The van der Waals surface area contributed by atoms with Gasteiger partial charge in [0.2, 0.25) is 0 Å². The maximum Gasteiger partial charge on any atom is 0.264 e. The Hall–Kier alpha value is -1.29. The van der Waals surface area contributed by atoms with Crippen molar-refractivity contribution in [1.82, 2.24) is 4.90 Å². The Balaban J connectivity index is 2.65. The average molecular weight is 197 g/mol. The number of phenols is 1. The number of hydrogen-bond donors (Lipinski definition) is 1. The molecule has 0 bridgehead atoms. The zero-order valence-corrected chi connectivity index (χ0v) is 8.34. The standard InChI is InChI=1S/C9H11NO2S/c1-10(2)9(13)12-8-5-3-7(11)4-6-8/h3-6,11H,1-2H3. The van der Waals surface area contributed by atoms with Crippen LogP contribution in [0.4, 0.5) is 0 Å². The van der Waals surface area contributed by atoms with Crippen LogP contribution in [-0.4, -0.2) is 29.3 Å². The molecule has 1 aromatic carbocycles.